The summed E-state index contributed by atoms with van der Waals surface area (Å²) < 4.78 is 5.87. The van der Waals surface area contributed by atoms with Crippen molar-refractivity contribution < 1.29 is 9.53 Å². The number of amides is 1. The molecule has 1 heterocycles. The Morgan fingerprint density at radius 1 is 1.45 bits per heavy atom. The molecule has 0 radical (unpaired) electrons. The fourth-order valence-electron chi connectivity index (χ4n) is 1.74. The molecule has 2 aromatic rings. The third-order valence-electron chi connectivity index (χ3n) is 2.98. The Hall–Kier alpha value is -1.79. The first-order chi connectivity index (χ1) is 10.5. The van der Waals surface area contributed by atoms with Gasteiger partial charge in [0, 0.05) is 28.7 Å². The smallest absolute Gasteiger partial charge is 0.227 e. The van der Waals surface area contributed by atoms with Gasteiger partial charge in [-0.25, -0.2) is 4.98 Å². The standard InChI is InChI=1S/C15H18ClN3O2S/c1-9(2)14(20)19-12-5-4-10(6-13(12)21-3)17-7-11-8-18-15(16)22-11/h4-6,8-9,17H,7H2,1-3H3,(H,19,20). The zero-order chi connectivity index (χ0) is 16.1. The van der Waals surface area contributed by atoms with Gasteiger partial charge in [-0.3, -0.25) is 4.79 Å². The Bertz CT molecular complexity index is 658. The first kappa shape index (κ1) is 16.6. The number of carbonyl (C=O) groups is 1. The molecule has 0 bridgehead atoms. The highest BCUT2D eigenvalue weighted by molar-refractivity contribution is 7.15. The Morgan fingerprint density at radius 3 is 2.82 bits per heavy atom. The average molecular weight is 340 g/mol. The van der Waals surface area contributed by atoms with Crippen molar-refractivity contribution in [2.75, 3.05) is 17.7 Å². The molecule has 0 saturated heterocycles. The normalized spacial score (nSPS) is 10.6. The van der Waals surface area contributed by atoms with Gasteiger partial charge < -0.3 is 15.4 Å². The molecule has 0 unspecified atom stereocenters. The summed E-state index contributed by atoms with van der Waals surface area (Å²) >= 11 is 7.24. The lowest BCUT2D eigenvalue weighted by Gasteiger charge is -2.14. The van der Waals surface area contributed by atoms with E-state index in [2.05, 4.69) is 15.6 Å². The minimum Gasteiger partial charge on any atom is -0.494 e. The van der Waals surface area contributed by atoms with E-state index in [1.165, 1.54) is 11.3 Å². The van der Waals surface area contributed by atoms with E-state index in [1.54, 1.807) is 13.3 Å². The van der Waals surface area contributed by atoms with Gasteiger partial charge in [0.1, 0.15) is 5.75 Å². The molecule has 0 atom stereocenters. The highest BCUT2D eigenvalue weighted by Crippen LogP contribution is 2.29. The number of halogens is 1. The van der Waals surface area contributed by atoms with E-state index in [-0.39, 0.29) is 11.8 Å². The number of anilines is 2. The molecule has 22 heavy (non-hydrogen) atoms. The number of ether oxygens (including phenoxy) is 1. The van der Waals surface area contributed by atoms with Crippen molar-refractivity contribution in [1.29, 1.82) is 0 Å². The predicted octanol–water partition coefficient (Wildman–Crippen LogP) is 4.01. The topological polar surface area (TPSA) is 63.2 Å². The average Bonchev–Trinajstić information content (AvgIpc) is 2.91. The van der Waals surface area contributed by atoms with Crippen LogP contribution in [0.25, 0.3) is 0 Å². The van der Waals surface area contributed by atoms with Crippen LogP contribution in [0.5, 0.6) is 5.75 Å². The summed E-state index contributed by atoms with van der Waals surface area (Å²) in [5.41, 5.74) is 1.55. The van der Waals surface area contributed by atoms with Crippen LogP contribution in [0.15, 0.2) is 24.4 Å². The molecule has 1 aromatic carbocycles. The van der Waals surface area contributed by atoms with Crippen molar-refractivity contribution in [2.24, 2.45) is 5.92 Å². The molecule has 1 amide bonds. The molecule has 5 nitrogen and oxygen atoms in total. The first-order valence-corrected chi connectivity index (χ1v) is 8.02. The maximum Gasteiger partial charge on any atom is 0.227 e. The molecule has 0 fully saturated rings. The van der Waals surface area contributed by atoms with E-state index in [0.29, 0.717) is 22.4 Å². The fourth-order valence-corrected chi connectivity index (χ4v) is 2.65. The number of aromatic nitrogens is 1. The van der Waals surface area contributed by atoms with Crippen molar-refractivity contribution in [1.82, 2.24) is 4.98 Å². The lowest BCUT2D eigenvalue weighted by atomic mass is 10.2. The van der Waals surface area contributed by atoms with E-state index in [9.17, 15) is 4.79 Å². The molecule has 0 spiro atoms. The summed E-state index contributed by atoms with van der Waals surface area (Å²) in [6.45, 7) is 4.32. The second-order valence-electron chi connectivity index (χ2n) is 4.99. The minimum absolute atomic E-state index is 0.0432. The Balaban J connectivity index is 2.06. The van der Waals surface area contributed by atoms with E-state index in [4.69, 9.17) is 16.3 Å². The molecule has 0 aliphatic rings. The molecule has 0 aliphatic carbocycles. The molecule has 7 heteroatoms. The molecule has 1 aromatic heterocycles. The summed E-state index contributed by atoms with van der Waals surface area (Å²) in [4.78, 5) is 16.8. The molecule has 2 N–H and O–H groups in total. The van der Waals surface area contributed by atoms with Crippen LogP contribution in [0, 0.1) is 5.92 Å². The molecule has 2 rings (SSSR count). The molecule has 0 saturated carbocycles. The number of nitrogens with one attached hydrogen (secondary N) is 2. The summed E-state index contributed by atoms with van der Waals surface area (Å²) in [5.74, 6) is 0.484. The van der Waals surface area contributed by atoms with Crippen LogP contribution in [0.3, 0.4) is 0 Å². The van der Waals surface area contributed by atoms with Gasteiger partial charge in [0.15, 0.2) is 4.47 Å². The zero-order valence-electron chi connectivity index (χ0n) is 12.6. The summed E-state index contributed by atoms with van der Waals surface area (Å²) in [7, 11) is 1.58. The molecule has 118 valence electrons. The number of thiazole rings is 1. The number of benzene rings is 1. The Kier molecular flexibility index (Phi) is 5.63. The second kappa shape index (κ2) is 7.47. The largest absolute Gasteiger partial charge is 0.494 e. The molecular formula is C15H18ClN3O2S. The van der Waals surface area contributed by atoms with Gasteiger partial charge in [-0.05, 0) is 12.1 Å². The van der Waals surface area contributed by atoms with Gasteiger partial charge in [-0.1, -0.05) is 25.4 Å². The van der Waals surface area contributed by atoms with Gasteiger partial charge >= 0.3 is 0 Å². The highest BCUT2D eigenvalue weighted by atomic mass is 35.5. The lowest BCUT2D eigenvalue weighted by molar-refractivity contribution is -0.118. The van der Waals surface area contributed by atoms with Crippen molar-refractivity contribution in [3.05, 3.63) is 33.7 Å². The van der Waals surface area contributed by atoms with Crippen molar-refractivity contribution in [3.8, 4) is 5.75 Å². The van der Waals surface area contributed by atoms with E-state index < -0.39 is 0 Å². The van der Waals surface area contributed by atoms with Crippen molar-refractivity contribution >= 4 is 40.2 Å². The predicted molar refractivity (Wildman–Crippen MR) is 90.9 cm³/mol. The monoisotopic (exact) mass is 339 g/mol. The third-order valence-corrected chi connectivity index (χ3v) is 4.09. The number of methoxy groups -OCH3 is 1. The number of hydrogen-bond acceptors (Lipinski definition) is 5. The van der Waals surface area contributed by atoms with Gasteiger partial charge in [0.05, 0.1) is 19.3 Å². The van der Waals surface area contributed by atoms with Gasteiger partial charge in [0.2, 0.25) is 5.91 Å². The van der Waals surface area contributed by atoms with Crippen LogP contribution >= 0.6 is 22.9 Å². The number of hydrogen-bond donors (Lipinski definition) is 2. The first-order valence-electron chi connectivity index (χ1n) is 6.82. The quantitative estimate of drug-likeness (QED) is 0.834. The molecular weight excluding hydrogens is 322 g/mol. The van der Waals surface area contributed by atoms with Crippen molar-refractivity contribution in [3.63, 3.8) is 0 Å². The number of nitrogens with zero attached hydrogens (tertiary/aromatic N) is 1. The summed E-state index contributed by atoms with van der Waals surface area (Å²) in [5, 5.41) is 6.12. The van der Waals surface area contributed by atoms with Crippen LogP contribution in [0.1, 0.15) is 18.7 Å². The minimum atomic E-state index is -0.0846. The van der Waals surface area contributed by atoms with Gasteiger partial charge in [0.25, 0.3) is 0 Å². The van der Waals surface area contributed by atoms with Crippen LogP contribution in [0.2, 0.25) is 4.47 Å². The van der Waals surface area contributed by atoms with Crippen LogP contribution in [0.4, 0.5) is 11.4 Å². The second-order valence-corrected chi connectivity index (χ2v) is 6.69. The Morgan fingerprint density at radius 2 is 2.23 bits per heavy atom. The fraction of sp³-hybridized carbons (Fsp3) is 0.333. The van der Waals surface area contributed by atoms with Crippen LogP contribution < -0.4 is 15.4 Å². The highest BCUT2D eigenvalue weighted by Gasteiger charge is 2.11. The summed E-state index contributed by atoms with van der Waals surface area (Å²) in [6.07, 6.45) is 1.74. The zero-order valence-corrected chi connectivity index (χ0v) is 14.2. The van der Waals surface area contributed by atoms with Gasteiger partial charge in [-0.15, -0.1) is 11.3 Å². The molecule has 0 aliphatic heterocycles. The maximum atomic E-state index is 11.8. The number of rotatable bonds is 6. The van der Waals surface area contributed by atoms with Crippen molar-refractivity contribution in [2.45, 2.75) is 20.4 Å². The SMILES string of the molecule is COc1cc(NCc2cnc(Cl)s2)ccc1NC(=O)C(C)C. The van der Waals surface area contributed by atoms with Gasteiger partial charge in [-0.2, -0.15) is 0 Å². The van der Waals surface area contributed by atoms with E-state index in [1.807, 2.05) is 32.0 Å². The van der Waals surface area contributed by atoms with E-state index in [0.717, 1.165) is 10.6 Å². The summed E-state index contributed by atoms with van der Waals surface area (Å²) in [6, 6.07) is 5.56. The van der Waals surface area contributed by atoms with Crippen LogP contribution in [-0.4, -0.2) is 18.0 Å². The maximum absolute atomic E-state index is 11.8. The lowest BCUT2D eigenvalue weighted by Crippen LogP contribution is -2.18. The Labute approximate surface area is 138 Å². The third kappa shape index (κ3) is 4.35. The number of carbonyl (C=O) groups excluding carboxylic acids is 1. The van der Waals surface area contributed by atoms with Crippen LogP contribution in [-0.2, 0) is 11.3 Å². The van der Waals surface area contributed by atoms with E-state index >= 15 is 0 Å².